The van der Waals surface area contributed by atoms with Crippen molar-refractivity contribution in [1.29, 1.82) is 0 Å². The molecule has 0 bridgehead atoms. The van der Waals surface area contributed by atoms with Crippen LogP contribution in [-0.4, -0.2) is 37.0 Å². The third-order valence-corrected chi connectivity index (χ3v) is 6.37. The van der Waals surface area contributed by atoms with Crippen molar-refractivity contribution >= 4 is 13.8 Å². The van der Waals surface area contributed by atoms with Crippen molar-refractivity contribution < 1.29 is 9.90 Å². The summed E-state index contributed by atoms with van der Waals surface area (Å²) in [4.78, 5) is 11.7. The Hall–Kier alpha value is -2.11. The zero-order valence-electron chi connectivity index (χ0n) is 17.4. The summed E-state index contributed by atoms with van der Waals surface area (Å²) in [5.41, 5.74) is 9.03. The lowest BCUT2D eigenvalue weighted by Crippen LogP contribution is -2.61. The molecule has 3 rings (SSSR count). The number of carbonyl (C=O) groups is 1. The Balaban J connectivity index is 1.41. The monoisotopic (exact) mass is 392 g/mol. The Labute approximate surface area is 175 Å². The number of rotatable bonds is 11. The molecule has 1 atom stereocenters. The van der Waals surface area contributed by atoms with Crippen LogP contribution in [0.3, 0.4) is 0 Å². The average Bonchev–Trinajstić information content (AvgIpc) is 2.70. The molecule has 0 heterocycles. The molecule has 2 aromatic carbocycles. The maximum Gasteiger partial charge on any atom is 0.323 e. The minimum atomic E-state index is -1.05. The van der Waals surface area contributed by atoms with E-state index in [9.17, 15) is 9.90 Å². The van der Waals surface area contributed by atoms with Gasteiger partial charge in [-0.3, -0.25) is 4.79 Å². The molecule has 154 valence electrons. The largest absolute Gasteiger partial charge is 0.480 e. The third-order valence-electron chi connectivity index (χ3n) is 6.37. The van der Waals surface area contributed by atoms with Gasteiger partial charge in [0.25, 0.3) is 0 Å². The van der Waals surface area contributed by atoms with Crippen LogP contribution in [0.25, 0.3) is 11.1 Å². The number of hydrogen-bond acceptors (Lipinski definition) is 3. The van der Waals surface area contributed by atoms with Gasteiger partial charge in [-0.2, -0.15) is 0 Å². The van der Waals surface area contributed by atoms with Crippen molar-refractivity contribution in [3.63, 3.8) is 0 Å². The van der Waals surface area contributed by atoms with Crippen LogP contribution >= 0.6 is 0 Å². The van der Waals surface area contributed by atoms with Crippen LogP contribution in [0.15, 0.2) is 54.6 Å². The Kier molecular flexibility index (Phi) is 7.51. The molecule has 1 aliphatic rings. The minimum absolute atomic E-state index is 0.0829. The fourth-order valence-corrected chi connectivity index (χ4v) is 4.27. The van der Waals surface area contributed by atoms with Gasteiger partial charge in [-0.15, -0.1) is 0 Å². The minimum Gasteiger partial charge on any atom is -0.480 e. The molecule has 5 heteroatoms. The van der Waals surface area contributed by atoms with E-state index in [2.05, 4.69) is 61.7 Å². The van der Waals surface area contributed by atoms with Crippen molar-refractivity contribution in [2.75, 3.05) is 6.54 Å². The summed E-state index contributed by atoms with van der Waals surface area (Å²) in [7, 11) is 2.12. The molecule has 1 fully saturated rings. The number of nitrogens with one attached hydrogen (secondary N) is 1. The number of carboxylic acids is 1. The summed E-state index contributed by atoms with van der Waals surface area (Å²) in [6.45, 7) is 0.905. The number of unbranched alkanes of at least 4 members (excludes halogenated alkanes) is 1. The van der Waals surface area contributed by atoms with E-state index in [4.69, 9.17) is 5.73 Å². The molecule has 1 unspecified atom stereocenters. The van der Waals surface area contributed by atoms with Crippen LogP contribution in [0.5, 0.6) is 0 Å². The fourth-order valence-electron chi connectivity index (χ4n) is 4.27. The van der Waals surface area contributed by atoms with E-state index in [0.717, 1.165) is 45.0 Å². The summed E-state index contributed by atoms with van der Waals surface area (Å²) in [5, 5.41) is 13.2. The zero-order chi connectivity index (χ0) is 20.7. The Morgan fingerprint density at radius 2 is 1.72 bits per heavy atom. The highest BCUT2D eigenvalue weighted by atomic mass is 16.4. The average molecular weight is 392 g/mol. The van der Waals surface area contributed by atoms with E-state index in [-0.39, 0.29) is 5.92 Å². The molecule has 1 saturated carbocycles. The van der Waals surface area contributed by atoms with Gasteiger partial charge in [0.15, 0.2) is 0 Å². The maximum atomic E-state index is 11.7. The van der Waals surface area contributed by atoms with Crippen LogP contribution in [-0.2, 0) is 11.2 Å². The second-order valence-corrected chi connectivity index (χ2v) is 8.43. The van der Waals surface area contributed by atoms with Gasteiger partial charge >= 0.3 is 5.97 Å². The van der Waals surface area contributed by atoms with E-state index >= 15 is 0 Å². The fraction of sp³-hybridized carbons (Fsp3) is 0.458. The van der Waals surface area contributed by atoms with Crippen molar-refractivity contribution in [2.45, 2.75) is 56.4 Å². The standard InChI is InChI=1S/C24H33BN2O2/c25-14-5-4-13-24(26,23(28)29)21-16-22(17-21)27-15-12-18-8-10-20(11-9-18)19-6-2-1-3-7-19/h1-3,6-11,21-22,27H,4-5,12-17,25-26H2,(H,28,29)/t21-,22+,24?. The predicted octanol–water partition coefficient (Wildman–Crippen LogP) is 3.27. The molecule has 4 nitrogen and oxygen atoms in total. The Morgan fingerprint density at radius 3 is 2.34 bits per heavy atom. The van der Waals surface area contributed by atoms with Gasteiger partial charge in [0.1, 0.15) is 13.4 Å². The molecule has 29 heavy (non-hydrogen) atoms. The molecule has 1 aliphatic carbocycles. The predicted molar refractivity (Wildman–Crippen MR) is 122 cm³/mol. The SMILES string of the molecule is BCCCCC(N)(C(=O)O)[C@H]1C[C@@H](NCCc2ccc(-c3ccccc3)cc2)C1. The molecule has 0 amide bonds. The summed E-state index contributed by atoms with van der Waals surface area (Å²) in [6, 6.07) is 19.5. The van der Waals surface area contributed by atoms with Gasteiger partial charge < -0.3 is 16.2 Å². The molecule has 0 saturated heterocycles. The highest BCUT2D eigenvalue weighted by Crippen LogP contribution is 2.38. The van der Waals surface area contributed by atoms with E-state index in [1.54, 1.807) is 0 Å². The van der Waals surface area contributed by atoms with Gasteiger partial charge in [-0.05, 0) is 54.8 Å². The second-order valence-electron chi connectivity index (χ2n) is 8.43. The number of benzene rings is 2. The quantitative estimate of drug-likeness (QED) is 0.405. The second kappa shape index (κ2) is 10.1. The first kappa shape index (κ1) is 21.6. The maximum absolute atomic E-state index is 11.7. The van der Waals surface area contributed by atoms with Crippen LogP contribution in [0, 0.1) is 5.92 Å². The highest BCUT2D eigenvalue weighted by molar-refractivity contribution is 6.08. The van der Waals surface area contributed by atoms with Crippen LogP contribution in [0.2, 0.25) is 6.32 Å². The lowest BCUT2D eigenvalue weighted by Gasteiger charge is -2.45. The molecule has 2 aromatic rings. The Morgan fingerprint density at radius 1 is 1.07 bits per heavy atom. The highest BCUT2D eigenvalue weighted by Gasteiger charge is 2.47. The summed E-state index contributed by atoms with van der Waals surface area (Å²) in [6.07, 6.45) is 6.30. The van der Waals surface area contributed by atoms with Crippen molar-refractivity contribution in [2.24, 2.45) is 11.7 Å². The first-order valence-corrected chi connectivity index (χ1v) is 10.9. The molecule has 0 aromatic heterocycles. The number of nitrogens with two attached hydrogens (primary N) is 1. The number of aliphatic carboxylic acids is 1. The van der Waals surface area contributed by atoms with E-state index < -0.39 is 11.5 Å². The third kappa shape index (κ3) is 5.49. The van der Waals surface area contributed by atoms with Crippen molar-refractivity contribution in [1.82, 2.24) is 5.32 Å². The van der Waals surface area contributed by atoms with E-state index in [0.29, 0.717) is 12.5 Å². The van der Waals surface area contributed by atoms with Crippen molar-refractivity contribution in [3.8, 4) is 11.1 Å². The van der Waals surface area contributed by atoms with Gasteiger partial charge in [-0.25, -0.2) is 0 Å². The molecule has 0 spiro atoms. The molecule has 0 aliphatic heterocycles. The number of hydrogen-bond donors (Lipinski definition) is 3. The van der Waals surface area contributed by atoms with Gasteiger partial charge in [0, 0.05) is 6.04 Å². The lowest BCUT2D eigenvalue weighted by molar-refractivity contribution is -0.148. The summed E-state index contributed by atoms with van der Waals surface area (Å²) in [5.74, 6) is -0.755. The van der Waals surface area contributed by atoms with Crippen LogP contribution in [0.1, 0.15) is 37.7 Å². The first-order chi connectivity index (χ1) is 14.0. The molecular weight excluding hydrogens is 359 g/mol. The normalized spacial score (nSPS) is 20.6. The summed E-state index contributed by atoms with van der Waals surface area (Å²) < 4.78 is 0. The zero-order valence-corrected chi connectivity index (χ0v) is 17.4. The lowest BCUT2D eigenvalue weighted by atomic mass is 9.66. The van der Waals surface area contributed by atoms with Crippen LogP contribution < -0.4 is 11.1 Å². The molecule has 4 N–H and O–H groups in total. The van der Waals surface area contributed by atoms with Crippen LogP contribution in [0.4, 0.5) is 0 Å². The van der Waals surface area contributed by atoms with Gasteiger partial charge in [-0.1, -0.05) is 73.8 Å². The molecule has 0 radical (unpaired) electrons. The van der Waals surface area contributed by atoms with Gasteiger partial charge in [0.2, 0.25) is 0 Å². The van der Waals surface area contributed by atoms with E-state index in [1.165, 1.54) is 16.7 Å². The number of carboxylic acid groups (broad SMARTS) is 1. The summed E-state index contributed by atoms with van der Waals surface area (Å²) >= 11 is 0. The molecular formula is C24H33BN2O2. The van der Waals surface area contributed by atoms with Crippen molar-refractivity contribution in [3.05, 3.63) is 60.2 Å². The smallest absolute Gasteiger partial charge is 0.323 e. The van der Waals surface area contributed by atoms with Gasteiger partial charge in [0.05, 0.1) is 0 Å². The Bertz CT molecular complexity index is 775. The first-order valence-electron chi connectivity index (χ1n) is 10.9. The topological polar surface area (TPSA) is 75.4 Å². The van der Waals surface area contributed by atoms with E-state index in [1.807, 2.05) is 6.07 Å².